The molecular weight excluding hydrogens is 441 g/mol. The van der Waals surface area contributed by atoms with E-state index in [2.05, 4.69) is 5.32 Å². The number of carbonyl (C=O) groups excluding carboxylic acids is 1. The second kappa shape index (κ2) is 9.73. The highest BCUT2D eigenvalue weighted by Crippen LogP contribution is 2.37. The lowest BCUT2D eigenvalue weighted by Gasteiger charge is -2.16. The summed E-state index contributed by atoms with van der Waals surface area (Å²) in [4.78, 5) is 24.3. The lowest BCUT2D eigenvalue weighted by atomic mass is 9.99. The Morgan fingerprint density at radius 2 is 1.61 bits per heavy atom. The molecule has 0 aliphatic heterocycles. The Morgan fingerprint density at radius 3 is 2.19 bits per heavy atom. The number of amides is 1. The van der Waals surface area contributed by atoms with Crippen molar-refractivity contribution in [2.24, 2.45) is 0 Å². The van der Waals surface area contributed by atoms with Gasteiger partial charge >= 0.3 is 5.97 Å². The molecule has 3 aromatic carbocycles. The van der Waals surface area contributed by atoms with E-state index in [1.54, 1.807) is 48.5 Å². The van der Waals surface area contributed by atoms with Crippen LogP contribution < -0.4 is 10.1 Å². The average molecular weight is 460 g/mol. The van der Waals surface area contributed by atoms with Crippen LogP contribution in [0.1, 0.15) is 15.9 Å². The van der Waals surface area contributed by atoms with Gasteiger partial charge in [-0.3, -0.25) is 4.79 Å². The monoisotopic (exact) mass is 459 g/mol. The van der Waals surface area contributed by atoms with Gasteiger partial charge in [-0.25, -0.2) is 4.79 Å². The number of ether oxygens (including phenoxy) is 1. The van der Waals surface area contributed by atoms with Crippen molar-refractivity contribution in [2.45, 2.75) is 12.5 Å². The first-order chi connectivity index (χ1) is 14.8. The van der Waals surface area contributed by atoms with E-state index in [1.807, 2.05) is 0 Å². The van der Waals surface area contributed by atoms with Crippen LogP contribution in [0.2, 0.25) is 10.0 Å². The first-order valence-corrected chi connectivity index (χ1v) is 10.0. The van der Waals surface area contributed by atoms with E-state index in [0.717, 1.165) is 0 Å². The Bertz CT molecular complexity index is 1100. The standard InChI is InChI=1S/C23H19Cl2NO5/c1-31-19-7-3-6-18(27)20(19)14-10-8-13(9-11-14)12-17(23(29)30)26-22(28)21-15(24)4-2-5-16(21)25/h2-11,17,27H,12H2,1H3,(H,26,28)(H,29,30). The van der Waals surface area contributed by atoms with Crippen molar-refractivity contribution in [3.63, 3.8) is 0 Å². The van der Waals surface area contributed by atoms with Crippen LogP contribution in [0.4, 0.5) is 0 Å². The molecule has 3 N–H and O–H groups in total. The van der Waals surface area contributed by atoms with Gasteiger partial charge in [-0.2, -0.15) is 0 Å². The molecule has 0 aliphatic rings. The molecule has 1 amide bonds. The Balaban J connectivity index is 1.80. The van der Waals surface area contributed by atoms with Gasteiger partial charge in [0.2, 0.25) is 0 Å². The summed E-state index contributed by atoms with van der Waals surface area (Å²) in [6.07, 6.45) is 0.0430. The zero-order valence-electron chi connectivity index (χ0n) is 16.4. The van der Waals surface area contributed by atoms with Crippen molar-refractivity contribution in [1.29, 1.82) is 0 Å². The molecule has 0 heterocycles. The number of aliphatic carboxylic acids is 1. The maximum Gasteiger partial charge on any atom is 0.326 e. The van der Waals surface area contributed by atoms with Gasteiger partial charge in [-0.15, -0.1) is 0 Å². The van der Waals surface area contributed by atoms with Crippen LogP contribution in [-0.2, 0) is 11.2 Å². The second-order valence-corrected chi connectivity index (χ2v) is 7.53. The first kappa shape index (κ1) is 22.5. The van der Waals surface area contributed by atoms with E-state index >= 15 is 0 Å². The number of carboxylic acids is 1. The number of hydrogen-bond donors (Lipinski definition) is 3. The second-order valence-electron chi connectivity index (χ2n) is 6.72. The SMILES string of the molecule is COc1cccc(O)c1-c1ccc(CC(NC(=O)c2c(Cl)cccc2Cl)C(=O)O)cc1. The number of benzene rings is 3. The fourth-order valence-corrected chi connectivity index (χ4v) is 3.74. The lowest BCUT2D eigenvalue weighted by Crippen LogP contribution is -2.42. The minimum absolute atomic E-state index is 0.0269. The molecule has 3 rings (SSSR count). The van der Waals surface area contributed by atoms with Gasteiger partial charge in [0, 0.05) is 6.42 Å². The molecule has 0 spiro atoms. The molecular formula is C23H19Cl2NO5. The maximum atomic E-state index is 12.6. The van der Waals surface area contributed by atoms with Crippen LogP contribution in [-0.4, -0.2) is 35.2 Å². The van der Waals surface area contributed by atoms with E-state index < -0.39 is 17.9 Å². The van der Waals surface area contributed by atoms with E-state index in [9.17, 15) is 19.8 Å². The Hall–Kier alpha value is -3.22. The summed E-state index contributed by atoms with van der Waals surface area (Å²) in [6, 6.07) is 15.3. The molecule has 160 valence electrons. The summed E-state index contributed by atoms with van der Waals surface area (Å²) in [5.41, 5.74) is 1.95. The van der Waals surface area contributed by atoms with E-state index in [-0.39, 0.29) is 27.8 Å². The summed E-state index contributed by atoms with van der Waals surface area (Å²) < 4.78 is 5.31. The summed E-state index contributed by atoms with van der Waals surface area (Å²) >= 11 is 12.1. The molecule has 8 heteroatoms. The fourth-order valence-electron chi connectivity index (χ4n) is 3.17. The fraction of sp³-hybridized carbons (Fsp3) is 0.130. The molecule has 0 radical (unpaired) electrons. The number of carboxylic acid groups (broad SMARTS) is 1. The van der Waals surface area contributed by atoms with Gasteiger partial charge < -0.3 is 20.3 Å². The first-order valence-electron chi connectivity index (χ1n) is 9.24. The van der Waals surface area contributed by atoms with Crippen LogP contribution in [0.15, 0.2) is 60.7 Å². The Morgan fingerprint density at radius 1 is 1.00 bits per heavy atom. The van der Waals surface area contributed by atoms with Crippen LogP contribution in [0, 0.1) is 0 Å². The number of hydrogen-bond acceptors (Lipinski definition) is 4. The predicted molar refractivity (Wildman–Crippen MR) is 119 cm³/mol. The van der Waals surface area contributed by atoms with Crippen molar-refractivity contribution in [2.75, 3.05) is 7.11 Å². The number of phenols is 1. The number of halogens is 2. The zero-order chi connectivity index (χ0) is 22.5. The Kier molecular flexibility index (Phi) is 7.05. The molecule has 1 unspecified atom stereocenters. The molecule has 0 aliphatic carbocycles. The minimum atomic E-state index is -1.19. The quantitative estimate of drug-likeness (QED) is 0.471. The number of carbonyl (C=O) groups is 2. The Labute approximate surface area is 189 Å². The third-order valence-electron chi connectivity index (χ3n) is 4.70. The van der Waals surface area contributed by atoms with Crippen molar-refractivity contribution in [1.82, 2.24) is 5.32 Å². The maximum absolute atomic E-state index is 12.6. The summed E-state index contributed by atoms with van der Waals surface area (Å²) in [7, 11) is 1.51. The lowest BCUT2D eigenvalue weighted by molar-refractivity contribution is -0.139. The highest BCUT2D eigenvalue weighted by molar-refractivity contribution is 6.39. The van der Waals surface area contributed by atoms with E-state index in [1.165, 1.54) is 19.2 Å². The molecule has 1 atom stereocenters. The van der Waals surface area contributed by atoms with Crippen molar-refractivity contribution in [3.8, 4) is 22.6 Å². The van der Waals surface area contributed by atoms with E-state index in [4.69, 9.17) is 27.9 Å². The minimum Gasteiger partial charge on any atom is -0.507 e. The third-order valence-corrected chi connectivity index (χ3v) is 5.33. The van der Waals surface area contributed by atoms with Crippen LogP contribution >= 0.6 is 23.2 Å². The van der Waals surface area contributed by atoms with Gasteiger partial charge in [0.15, 0.2) is 0 Å². The number of nitrogens with one attached hydrogen (secondary N) is 1. The highest BCUT2D eigenvalue weighted by atomic mass is 35.5. The smallest absolute Gasteiger partial charge is 0.326 e. The average Bonchev–Trinajstić information content (AvgIpc) is 2.73. The molecule has 0 saturated carbocycles. The van der Waals surface area contributed by atoms with Crippen LogP contribution in [0.3, 0.4) is 0 Å². The van der Waals surface area contributed by atoms with Gasteiger partial charge in [-0.05, 0) is 35.4 Å². The van der Waals surface area contributed by atoms with E-state index in [0.29, 0.717) is 22.4 Å². The highest BCUT2D eigenvalue weighted by Gasteiger charge is 2.24. The zero-order valence-corrected chi connectivity index (χ0v) is 17.9. The molecule has 0 saturated heterocycles. The molecule has 3 aromatic rings. The van der Waals surface area contributed by atoms with Gasteiger partial charge in [0.25, 0.3) is 5.91 Å². The van der Waals surface area contributed by atoms with Gasteiger partial charge in [-0.1, -0.05) is 59.6 Å². The van der Waals surface area contributed by atoms with Crippen LogP contribution in [0.5, 0.6) is 11.5 Å². The molecule has 0 aromatic heterocycles. The van der Waals surface area contributed by atoms with Crippen molar-refractivity contribution in [3.05, 3.63) is 81.8 Å². The largest absolute Gasteiger partial charge is 0.507 e. The number of rotatable bonds is 7. The summed E-state index contributed by atoms with van der Waals surface area (Å²) in [5, 5.41) is 22.5. The predicted octanol–water partition coefficient (Wildman–Crippen LogP) is 4.80. The number of methoxy groups -OCH3 is 1. The molecule has 31 heavy (non-hydrogen) atoms. The summed E-state index contributed by atoms with van der Waals surface area (Å²) in [6.45, 7) is 0. The normalized spacial score (nSPS) is 11.6. The van der Waals surface area contributed by atoms with Gasteiger partial charge in [0.05, 0.1) is 28.3 Å². The number of phenolic OH excluding ortho intramolecular Hbond substituents is 1. The number of aromatic hydroxyl groups is 1. The van der Waals surface area contributed by atoms with Crippen LogP contribution in [0.25, 0.3) is 11.1 Å². The molecule has 0 fully saturated rings. The van der Waals surface area contributed by atoms with Crippen molar-refractivity contribution < 1.29 is 24.5 Å². The van der Waals surface area contributed by atoms with Gasteiger partial charge in [0.1, 0.15) is 17.5 Å². The summed E-state index contributed by atoms with van der Waals surface area (Å²) in [5.74, 6) is -1.28. The molecule has 0 bridgehead atoms. The molecule has 6 nitrogen and oxygen atoms in total. The topological polar surface area (TPSA) is 95.9 Å². The van der Waals surface area contributed by atoms with Crippen molar-refractivity contribution >= 4 is 35.1 Å². The third kappa shape index (κ3) is 5.10.